The normalized spacial score (nSPS) is 13.0. The van der Waals surface area contributed by atoms with Gasteiger partial charge in [-0.1, -0.05) is 28.1 Å². The number of aromatic nitrogens is 3. The minimum atomic E-state index is -0.248. The van der Waals surface area contributed by atoms with Crippen LogP contribution >= 0.6 is 15.9 Å². The average Bonchev–Trinajstić information content (AvgIpc) is 2.73. The summed E-state index contributed by atoms with van der Waals surface area (Å²) in [6, 6.07) is 13.6. The second kappa shape index (κ2) is 8.54. The highest BCUT2D eigenvalue weighted by Gasteiger charge is 2.19. The molecule has 29 heavy (non-hydrogen) atoms. The summed E-state index contributed by atoms with van der Waals surface area (Å²) in [5.41, 5.74) is 9.37. The standard InChI is InChI=1S/C20H20BrN7O/c21-15-5-4-14-11-28(7-6-13(14)8-15)20-24-12-23-19(27-20)26-17-3-1-2-16(9-17)25-18(29)10-22/h1-5,8-9,12H,6-7,10-11,22H2,(H,25,29)(H,23,24,26,27). The van der Waals surface area contributed by atoms with Crippen molar-refractivity contribution in [2.75, 3.05) is 28.6 Å². The number of carbonyl (C=O) groups excluding carboxylic acids is 1. The van der Waals surface area contributed by atoms with E-state index in [-0.39, 0.29) is 12.5 Å². The number of hydrogen-bond acceptors (Lipinski definition) is 7. The van der Waals surface area contributed by atoms with Gasteiger partial charge in [0.25, 0.3) is 0 Å². The third-order valence-corrected chi connectivity index (χ3v) is 5.10. The van der Waals surface area contributed by atoms with E-state index in [9.17, 15) is 4.79 Å². The highest BCUT2D eigenvalue weighted by atomic mass is 79.9. The van der Waals surface area contributed by atoms with Crippen molar-refractivity contribution < 1.29 is 4.79 Å². The summed E-state index contributed by atoms with van der Waals surface area (Å²) in [4.78, 5) is 26.7. The highest BCUT2D eigenvalue weighted by Crippen LogP contribution is 2.25. The van der Waals surface area contributed by atoms with E-state index >= 15 is 0 Å². The summed E-state index contributed by atoms with van der Waals surface area (Å²) in [6.45, 7) is 1.53. The van der Waals surface area contributed by atoms with Crippen molar-refractivity contribution in [3.05, 3.63) is 64.4 Å². The third kappa shape index (κ3) is 4.69. The molecule has 4 rings (SSSR count). The molecule has 0 unspecified atom stereocenters. The molecule has 1 aliphatic heterocycles. The molecule has 4 N–H and O–H groups in total. The van der Waals surface area contributed by atoms with E-state index in [1.807, 2.05) is 12.1 Å². The van der Waals surface area contributed by atoms with Crippen LogP contribution in [0.5, 0.6) is 0 Å². The van der Waals surface area contributed by atoms with Gasteiger partial charge in [0.2, 0.25) is 17.8 Å². The molecular formula is C20H20BrN7O. The number of fused-ring (bicyclic) bond motifs is 1. The van der Waals surface area contributed by atoms with E-state index in [1.165, 1.54) is 17.5 Å². The number of hydrogen-bond donors (Lipinski definition) is 3. The average molecular weight is 454 g/mol. The van der Waals surface area contributed by atoms with Crippen LogP contribution in [0.15, 0.2) is 53.3 Å². The fourth-order valence-electron chi connectivity index (χ4n) is 3.21. The number of nitrogens with one attached hydrogen (secondary N) is 2. The molecule has 0 saturated heterocycles. The number of halogens is 1. The molecule has 8 nitrogen and oxygen atoms in total. The lowest BCUT2D eigenvalue weighted by molar-refractivity contribution is -0.114. The number of nitrogens with two attached hydrogens (primary N) is 1. The maximum atomic E-state index is 11.5. The number of anilines is 4. The lowest BCUT2D eigenvalue weighted by atomic mass is 10.0. The second-order valence-corrected chi connectivity index (χ2v) is 7.57. The minimum Gasteiger partial charge on any atom is -0.336 e. The van der Waals surface area contributed by atoms with Gasteiger partial charge in [-0.3, -0.25) is 4.79 Å². The molecule has 0 bridgehead atoms. The van der Waals surface area contributed by atoms with Gasteiger partial charge in [-0.25, -0.2) is 9.97 Å². The van der Waals surface area contributed by atoms with E-state index in [2.05, 4.69) is 64.6 Å². The first-order valence-electron chi connectivity index (χ1n) is 9.19. The van der Waals surface area contributed by atoms with Crippen molar-refractivity contribution >= 4 is 45.1 Å². The Hall–Kier alpha value is -3.04. The van der Waals surface area contributed by atoms with Crippen LogP contribution < -0.4 is 21.3 Å². The zero-order valence-corrected chi connectivity index (χ0v) is 17.2. The molecule has 0 radical (unpaired) electrons. The molecule has 2 aromatic carbocycles. The van der Waals surface area contributed by atoms with E-state index in [0.29, 0.717) is 17.6 Å². The molecule has 1 amide bonds. The number of amides is 1. The van der Waals surface area contributed by atoms with Crippen LogP contribution in [-0.4, -0.2) is 33.9 Å². The van der Waals surface area contributed by atoms with Crippen molar-refractivity contribution in [3.8, 4) is 0 Å². The van der Waals surface area contributed by atoms with Gasteiger partial charge in [-0.15, -0.1) is 0 Å². The quantitative estimate of drug-likeness (QED) is 0.544. The number of nitrogens with zero attached hydrogens (tertiary/aromatic N) is 4. The van der Waals surface area contributed by atoms with Gasteiger partial charge in [0.15, 0.2) is 0 Å². The Labute approximate surface area is 176 Å². The summed E-state index contributed by atoms with van der Waals surface area (Å²) >= 11 is 3.53. The van der Waals surface area contributed by atoms with Crippen LogP contribution in [0.3, 0.4) is 0 Å². The lowest BCUT2D eigenvalue weighted by Gasteiger charge is -2.29. The second-order valence-electron chi connectivity index (χ2n) is 6.65. The Kier molecular flexibility index (Phi) is 5.68. The first-order valence-corrected chi connectivity index (χ1v) is 9.98. The largest absolute Gasteiger partial charge is 0.336 e. The maximum absolute atomic E-state index is 11.5. The molecule has 1 aliphatic rings. The Balaban J connectivity index is 1.49. The van der Waals surface area contributed by atoms with E-state index in [4.69, 9.17) is 5.73 Å². The van der Waals surface area contributed by atoms with E-state index in [0.717, 1.165) is 29.7 Å². The zero-order chi connectivity index (χ0) is 20.2. The van der Waals surface area contributed by atoms with E-state index < -0.39 is 0 Å². The molecule has 148 valence electrons. The van der Waals surface area contributed by atoms with Gasteiger partial charge in [0.1, 0.15) is 6.33 Å². The lowest BCUT2D eigenvalue weighted by Crippen LogP contribution is -2.32. The van der Waals surface area contributed by atoms with Crippen molar-refractivity contribution in [1.29, 1.82) is 0 Å². The Morgan fingerprint density at radius 3 is 2.86 bits per heavy atom. The van der Waals surface area contributed by atoms with Crippen LogP contribution in [0, 0.1) is 0 Å². The fraction of sp³-hybridized carbons (Fsp3) is 0.200. The highest BCUT2D eigenvalue weighted by molar-refractivity contribution is 9.10. The summed E-state index contributed by atoms with van der Waals surface area (Å²) < 4.78 is 1.10. The van der Waals surface area contributed by atoms with Crippen LogP contribution in [0.4, 0.5) is 23.3 Å². The van der Waals surface area contributed by atoms with E-state index in [1.54, 1.807) is 12.1 Å². The van der Waals surface area contributed by atoms with Gasteiger partial charge < -0.3 is 21.3 Å². The van der Waals surface area contributed by atoms with Crippen molar-refractivity contribution in [1.82, 2.24) is 15.0 Å². The van der Waals surface area contributed by atoms with Crippen LogP contribution in [-0.2, 0) is 17.8 Å². The van der Waals surface area contributed by atoms with Crippen LogP contribution in [0.25, 0.3) is 0 Å². The predicted molar refractivity (Wildman–Crippen MR) is 116 cm³/mol. The summed E-state index contributed by atoms with van der Waals surface area (Å²) in [5, 5.41) is 5.89. The van der Waals surface area contributed by atoms with Gasteiger partial charge in [-0.2, -0.15) is 4.98 Å². The van der Waals surface area contributed by atoms with Crippen molar-refractivity contribution in [2.24, 2.45) is 5.73 Å². The molecule has 1 aromatic heterocycles. The molecular weight excluding hydrogens is 434 g/mol. The van der Waals surface area contributed by atoms with Gasteiger partial charge in [0.05, 0.1) is 6.54 Å². The molecule has 2 heterocycles. The topological polar surface area (TPSA) is 109 Å². The summed E-state index contributed by atoms with van der Waals surface area (Å²) in [6.07, 6.45) is 2.44. The summed E-state index contributed by atoms with van der Waals surface area (Å²) in [5.74, 6) is 0.824. The molecule has 9 heteroatoms. The van der Waals surface area contributed by atoms with Gasteiger partial charge in [-0.05, 0) is 47.9 Å². The maximum Gasteiger partial charge on any atom is 0.238 e. The fourth-order valence-corrected chi connectivity index (χ4v) is 3.62. The molecule has 0 fully saturated rings. The Bertz CT molecular complexity index is 1040. The Morgan fingerprint density at radius 2 is 2.00 bits per heavy atom. The van der Waals surface area contributed by atoms with Gasteiger partial charge >= 0.3 is 0 Å². The molecule has 0 aliphatic carbocycles. The monoisotopic (exact) mass is 453 g/mol. The number of benzene rings is 2. The number of carbonyl (C=O) groups is 1. The molecule has 3 aromatic rings. The number of rotatable bonds is 5. The minimum absolute atomic E-state index is 0.0651. The Morgan fingerprint density at radius 1 is 1.14 bits per heavy atom. The van der Waals surface area contributed by atoms with Crippen LogP contribution in [0.1, 0.15) is 11.1 Å². The van der Waals surface area contributed by atoms with Crippen molar-refractivity contribution in [2.45, 2.75) is 13.0 Å². The molecule has 0 spiro atoms. The zero-order valence-electron chi connectivity index (χ0n) is 15.6. The first kappa shape index (κ1) is 19.3. The van der Waals surface area contributed by atoms with Crippen LogP contribution in [0.2, 0.25) is 0 Å². The molecule has 0 atom stereocenters. The van der Waals surface area contributed by atoms with Gasteiger partial charge in [0, 0.05) is 28.9 Å². The summed E-state index contributed by atoms with van der Waals surface area (Å²) in [7, 11) is 0. The van der Waals surface area contributed by atoms with Crippen molar-refractivity contribution in [3.63, 3.8) is 0 Å². The SMILES string of the molecule is NCC(=O)Nc1cccc(Nc2ncnc(N3CCc4cc(Br)ccc4C3)n2)c1. The molecule has 0 saturated carbocycles. The smallest absolute Gasteiger partial charge is 0.238 e. The first-order chi connectivity index (χ1) is 14.1. The third-order valence-electron chi connectivity index (χ3n) is 4.61. The predicted octanol–water partition coefficient (Wildman–Crippen LogP) is 2.84.